The Kier molecular flexibility index (Phi) is 2.72. The van der Waals surface area contributed by atoms with Crippen LogP contribution < -0.4 is 5.32 Å². The molecule has 2 atom stereocenters. The third kappa shape index (κ3) is 1.84. The molecule has 5 heteroatoms. The van der Waals surface area contributed by atoms with E-state index in [0.717, 1.165) is 0 Å². The summed E-state index contributed by atoms with van der Waals surface area (Å²) in [6.45, 7) is 1.94. The minimum Gasteiger partial charge on any atom is -0.467 e. The van der Waals surface area contributed by atoms with Crippen LogP contribution in [-0.2, 0) is 9.53 Å². The van der Waals surface area contributed by atoms with Crippen LogP contribution in [0.3, 0.4) is 0 Å². The molecule has 0 aliphatic carbocycles. The second-order valence-electron chi connectivity index (χ2n) is 2.26. The molecule has 0 aromatic heterocycles. The number of hydrogen-bond acceptors (Lipinski definition) is 4. The Bertz CT molecular complexity index is 195. The van der Waals surface area contributed by atoms with E-state index >= 15 is 0 Å². The Morgan fingerprint density at radius 1 is 1.82 bits per heavy atom. The molecule has 0 aromatic carbocycles. The highest BCUT2D eigenvalue weighted by molar-refractivity contribution is 8.23. The van der Waals surface area contributed by atoms with E-state index in [2.05, 4.69) is 10.1 Å². The van der Waals surface area contributed by atoms with Crippen LogP contribution in [0.15, 0.2) is 0 Å². The van der Waals surface area contributed by atoms with E-state index in [9.17, 15) is 4.79 Å². The van der Waals surface area contributed by atoms with Crippen LogP contribution in [0.5, 0.6) is 0 Å². The van der Waals surface area contributed by atoms with Gasteiger partial charge < -0.3 is 10.1 Å². The van der Waals surface area contributed by atoms with E-state index in [1.54, 1.807) is 0 Å². The highest BCUT2D eigenvalue weighted by atomic mass is 32.2. The Labute approximate surface area is 74.9 Å². The van der Waals surface area contributed by atoms with Gasteiger partial charge in [-0.1, -0.05) is 30.9 Å². The van der Waals surface area contributed by atoms with Crippen molar-refractivity contribution in [3.8, 4) is 0 Å². The molecular formula is C6H9NO2S2. The zero-order valence-corrected chi connectivity index (χ0v) is 7.92. The summed E-state index contributed by atoms with van der Waals surface area (Å²) < 4.78 is 5.25. The van der Waals surface area contributed by atoms with Gasteiger partial charge in [0.25, 0.3) is 0 Å². The Balaban J connectivity index is 2.59. The number of thioether (sulfide) groups is 1. The quantitative estimate of drug-likeness (QED) is 0.483. The molecule has 0 radical (unpaired) electrons. The lowest BCUT2D eigenvalue weighted by atomic mass is 10.2. The zero-order valence-electron chi connectivity index (χ0n) is 6.29. The van der Waals surface area contributed by atoms with Crippen LogP contribution in [0.25, 0.3) is 0 Å². The number of rotatable bonds is 1. The van der Waals surface area contributed by atoms with Gasteiger partial charge in [-0.2, -0.15) is 0 Å². The predicted octanol–water partition coefficient (Wildman–Crippen LogP) is 0.538. The van der Waals surface area contributed by atoms with Crippen LogP contribution in [0.2, 0.25) is 0 Å². The van der Waals surface area contributed by atoms with Crippen molar-refractivity contribution in [1.82, 2.24) is 5.32 Å². The van der Waals surface area contributed by atoms with Crippen molar-refractivity contribution < 1.29 is 9.53 Å². The van der Waals surface area contributed by atoms with Gasteiger partial charge in [-0.15, -0.1) is 0 Å². The SMILES string of the molecule is COC(=O)C1NC(=S)SC1C. The number of carbonyl (C=O) groups excluding carboxylic acids is 1. The fourth-order valence-electron chi connectivity index (χ4n) is 0.893. The molecule has 62 valence electrons. The molecule has 1 aliphatic rings. The van der Waals surface area contributed by atoms with Gasteiger partial charge in [0.1, 0.15) is 10.4 Å². The van der Waals surface area contributed by atoms with Crippen molar-refractivity contribution in [3.63, 3.8) is 0 Å². The molecule has 0 bridgehead atoms. The topological polar surface area (TPSA) is 38.3 Å². The van der Waals surface area contributed by atoms with E-state index in [1.807, 2.05) is 6.92 Å². The zero-order chi connectivity index (χ0) is 8.43. The fourth-order valence-corrected chi connectivity index (χ4v) is 2.32. The Morgan fingerprint density at radius 3 is 2.82 bits per heavy atom. The third-order valence-electron chi connectivity index (χ3n) is 1.49. The van der Waals surface area contributed by atoms with Crippen molar-refractivity contribution in [1.29, 1.82) is 0 Å². The second-order valence-corrected chi connectivity index (χ2v) is 4.31. The maximum atomic E-state index is 11.0. The molecule has 2 unspecified atom stereocenters. The molecule has 1 aliphatic heterocycles. The summed E-state index contributed by atoms with van der Waals surface area (Å²) in [5.74, 6) is -0.246. The van der Waals surface area contributed by atoms with E-state index in [-0.39, 0.29) is 17.3 Å². The first kappa shape index (κ1) is 8.80. The van der Waals surface area contributed by atoms with Gasteiger partial charge >= 0.3 is 5.97 Å². The average Bonchev–Trinajstić information content (AvgIpc) is 2.28. The number of nitrogens with one attached hydrogen (secondary N) is 1. The maximum Gasteiger partial charge on any atom is 0.329 e. The van der Waals surface area contributed by atoms with E-state index in [1.165, 1.54) is 18.9 Å². The molecule has 0 aromatic rings. The molecule has 0 spiro atoms. The number of hydrogen-bond donors (Lipinski definition) is 1. The molecule has 1 saturated heterocycles. The highest BCUT2D eigenvalue weighted by Gasteiger charge is 2.33. The van der Waals surface area contributed by atoms with Crippen molar-refractivity contribution >= 4 is 34.3 Å². The van der Waals surface area contributed by atoms with Gasteiger partial charge in [-0.25, -0.2) is 4.79 Å². The summed E-state index contributed by atoms with van der Waals surface area (Å²) in [6, 6.07) is -0.266. The number of thiocarbonyl (C=S) groups is 1. The minimum absolute atomic E-state index is 0.176. The summed E-state index contributed by atoms with van der Waals surface area (Å²) in [7, 11) is 1.38. The number of esters is 1. The molecule has 1 heterocycles. The van der Waals surface area contributed by atoms with Crippen LogP contribution in [-0.4, -0.2) is 28.7 Å². The van der Waals surface area contributed by atoms with Gasteiger partial charge in [0.2, 0.25) is 0 Å². The van der Waals surface area contributed by atoms with Gasteiger partial charge in [-0.3, -0.25) is 0 Å². The molecule has 1 fully saturated rings. The van der Waals surface area contributed by atoms with Crippen LogP contribution in [0.1, 0.15) is 6.92 Å². The first-order chi connectivity index (χ1) is 5.15. The summed E-state index contributed by atoms with van der Waals surface area (Å²) in [5, 5.41) is 3.05. The smallest absolute Gasteiger partial charge is 0.329 e. The van der Waals surface area contributed by atoms with Crippen molar-refractivity contribution in [3.05, 3.63) is 0 Å². The van der Waals surface area contributed by atoms with Crippen LogP contribution in [0, 0.1) is 0 Å². The highest BCUT2D eigenvalue weighted by Crippen LogP contribution is 2.23. The Hall–Kier alpha value is -0.290. The van der Waals surface area contributed by atoms with Gasteiger partial charge in [0.15, 0.2) is 0 Å². The first-order valence-corrected chi connectivity index (χ1v) is 4.49. The van der Waals surface area contributed by atoms with Gasteiger partial charge in [-0.05, 0) is 0 Å². The fraction of sp³-hybridized carbons (Fsp3) is 0.667. The average molecular weight is 191 g/mol. The van der Waals surface area contributed by atoms with Crippen LogP contribution in [0.4, 0.5) is 0 Å². The molecule has 0 saturated carbocycles. The first-order valence-electron chi connectivity index (χ1n) is 3.20. The lowest BCUT2D eigenvalue weighted by molar-refractivity contribution is -0.142. The van der Waals surface area contributed by atoms with Crippen molar-refractivity contribution in [2.45, 2.75) is 18.2 Å². The largest absolute Gasteiger partial charge is 0.467 e. The van der Waals surface area contributed by atoms with Crippen LogP contribution >= 0.6 is 24.0 Å². The van der Waals surface area contributed by atoms with E-state index < -0.39 is 0 Å². The maximum absolute atomic E-state index is 11.0. The third-order valence-corrected chi connectivity index (χ3v) is 2.87. The summed E-state index contributed by atoms with van der Waals surface area (Å²) in [6.07, 6.45) is 0. The van der Waals surface area contributed by atoms with Gasteiger partial charge in [0, 0.05) is 5.25 Å². The molecule has 3 nitrogen and oxygen atoms in total. The van der Waals surface area contributed by atoms with E-state index in [4.69, 9.17) is 12.2 Å². The molecular weight excluding hydrogens is 182 g/mol. The number of methoxy groups -OCH3 is 1. The summed E-state index contributed by atoms with van der Waals surface area (Å²) >= 11 is 6.38. The second kappa shape index (κ2) is 3.40. The molecule has 11 heavy (non-hydrogen) atoms. The summed E-state index contributed by atoms with van der Waals surface area (Å²) in [5.41, 5.74) is 0. The number of carbonyl (C=O) groups is 1. The standard InChI is InChI=1S/C6H9NO2S2/c1-3-4(5(8)9-2)7-6(10)11-3/h3-4H,1-2H3,(H,7,10). The summed E-state index contributed by atoms with van der Waals surface area (Å²) in [4.78, 5) is 11.0. The lowest BCUT2D eigenvalue weighted by Crippen LogP contribution is -2.38. The monoisotopic (exact) mass is 191 g/mol. The van der Waals surface area contributed by atoms with Crippen molar-refractivity contribution in [2.75, 3.05) is 7.11 Å². The van der Waals surface area contributed by atoms with E-state index in [0.29, 0.717) is 4.32 Å². The molecule has 1 N–H and O–H groups in total. The normalized spacial score (nSPS) is 29.8. The Morgan fingerprint density at radius 2 is 2.45 bits per heavy atom. The van der Waals surface area contributed by atoms with Crippen molar-refractivity contribution in [2.24, 2.45) is 0 Å². The lowest BCUT2D eigenvalue weighted by Gasteiger charge is -2.10. The molecule has 1 rings (SSSR count). The number of ether oxygens (including phenoxy) is 1. The van der Waals surface area contributed by atoms with Gasteiger partial charge in [0.05, 0.1) is 7.11 Å². The minimum atomic E-state index is -0.266. The molecule has 0 amide bonds. The predicted molar refractivity (Wildman–Crippen MR) is 48.6 cm³/mol.